The van der Waals surface area contributed by atoms with Crippen molar-refractivity contribution in [2.24, 2.45) is 5.73 Å². The molecule has 1 aliphatic heterocycles. The van der Waals surface area contributed by atoms with Crippen molar-refractivity contribution in [3.63, 3.8) is 0 Å². The third-order valence-electron chi connectivity index (χ3n) is 3.27. The largest absolute Gasteiger partial charge is 0.375 e. The molecule has 0 aliphatic carbocycles. The molecule has 2 N–H and O–H groups in total. The minimum Gasteiger partial charge on any atom is -0.375 e. The summed E-state index contributed by atoms with van der Waals surface area (Å²) in [4.78, 5) is 13.6. The maximum atomic E-state index is 11.6. The first kappa shape index (κ1) is 14.8. The second-order valence-electron chi connectivity index (χ2n) is 4.63. The van der Waals surface area contributed by atoms with Gasteiger partial charge in [-0.2, -0.15) is 0 Å². The number of amides is 1. The predicted molar refractivity (Wildman–Crippen MR) is 78.0 cm³/mol. The van der Waals surface area contributed by atoms with Crippen LogP contribution in [0.15, 0.2) is 22.7 Å². The zero-order chi connectivity index (χ0) is 14.0. The zero-order valence-corrected chi connectivity index (χ0v) is 12.9. The standard InChI is InChI=1S/C13H16BrClN2O2/c1-8-12(13(16)18)17(4-5-19-8)7-9-6-10(15)2-3-11(9)14/h2-3,6,8,12H,4-5,7H2,1H3,(H2,16,18)/t8-,12+/m1/s1. The lowest BCUT2D eigenvalue weighted by Gasteiger charge is -2.38. The van der Waals surface area contributed by atoms with Crippen molar-refractivity contribution in [2.75, 3.05) is 13.2 Å². The van der Waals surface area contributed by atoms with Crippen LogP contribution in [0, 0.1) is 0 Å². The number of benzene rings is 1. The predicted octanol–water partition coefficient (Wildman–Crippen LogP) is 2.18. The van der Waals surface area contributed by atoms with Crippen molar-refractivity contribution in [2.45, 2.75) is 25.6 Å². The Kier molecular flexibility index (Phi) is 4.84. The molecule has 0 bridgehead atoms. The highest BCUT2D eigenvalue weighted by molar-refractivity contribution is 9.10. The maximum Gasteiger partial charge on any atom is 0.237 e. The fourth-order valence-corrected chi connectivity index (χ4v) is 2.92. The molecule has 4 nitrogen and oxygen atoms in total. The number of hydrogen-bond acceptors (Lipinski definition) is 3. The van der Waals surface area contributed by atoms with Crippen molar-refractivity contribution in [1.82, 2.24) is 4.90 Å². The van der Waals surface area contributed by atoms with E-state index in [0.29, 0.717) is 24.7 Å². The number of nitrogens with two attached hydrogens (primary N) is 1. The Balaban J connectivity index is 2.20. The number of carbonyl (C=O) groups is 1. The molecule has 0 radical (unpaired) electrons. The van der Waals surface area contributed by atoms with E-state index in [1.54, 1.807) is 0 Å². The van der Waals surface area contributed by atoms with Crippen molar-refractivity contribution in [3.8, 4) is 0 Å². The summed E-state index contributed by atoms with van der Waals surface area (Å²) in [6, 6.07) is 5.22. The van der Waals surface area contributed by atoms with Crippen LogP contribution in [0.1, 0.15) is 12.5 Å². The van der Waals surface area contributed by atoms with E-state index in [2.05, 4.69) is 15.9 Å². The van der Waals surface area contributed by atoms with Gasteiger partial charge in [0.1, 0.15) is 6.04 Å². The van der Waals surface area contributed by atoms with E-state index in [1.165, 1.54) is 0 Å². The normalized spacial score (nSPS) is 24.4. The summed E-state index contributed by atoms with van der Waals surface area (Å²) < 4.78 is 6.46. The number of rotatable bonds is 3. The van der Waals surface area contributed by atoms with Gasteiger partial charge < -0.3 is 10.5 Å². The number of nitrogens with zero attached hydrogens (tertiary/aromatic N) is 1. The van der Waals surface area contributed by atoms with Crippen LogP contribution in [0.3, 0.4) is 0 Å². The third kappa shape index (κ3) is 3.48. The average Bonchev–Trinajstić information content (AvgIpc) is 2.33. The minimum absolute atomic E-state index is 0.191. The molecular weight excluding hydrogens is 332 g/mol. The lowest BCUT2D eigenvalue weighted by Crippen LogP contribution is -2.56. The summed E-state index contributed by atoms with van der Waals surface area (Å²) in [5.41, 5.74) is 6.51. The highest BCUT2D eigenvalue weighted by Gasteiger charge is 2.33. The summed E-state index contributed by atoms with van der Waals surface area (Å²) >= 11 is 9.50. The molecule has 1 heterocycles. The van der Waals surface area contributed by atoms with Crippen LogP contribution in [-0.2, 0) is 16.1 Å². The number of hydrogen-bond donors (Lipinski definition) is 1. The Hall–Kier alpha value is -0.620. The van der Waals surface area contributed by atoms with Crippen LogP contribution >= 0.6 is 27.5 Å². The van der Waals surface area contributed by atoms with Gasteiger partial charge in [0.05, 0.1) is 12.7 Å². The molecule has 1 saturated heterocycles. The van der Waals surface area contributed by atoms with Gasteiger partial charge in [0.15, 0.2) is 0 Å². The molecule has 6 heteroatoms. The molecule has 0 unspecified atom stereocenters. The molecule has 2 atom stereocenters. The highest BCUT2D eigenvalue weighted by atomic mass is 79.9. The van der Waals surface area contributed by atoms with Gasteiger partial charge in [-0.15, -0.1) is 0 Å². The summed E-state index contributed by atoms with van der Waals surface area (Å²) in [6.07, 6.45) is -0.191. The van der Waals surface area contributed by atoms with Gasteiger partial charge in [0, 0.05) is 22.6 Å². The zero-order valence-electron chi connectivity index (χ0n) is 10.6. The second kappa shape index (κ2) is 6.22. The van der Waals surface area contributed by atoms with Crippen molar-refractivity contribution < 1.29 is 9.53 Å². The fraction of sp³-hybridized carbons (Fsp3) is 0.462. The van der Waals surface area contributed by atoms with Crippen LogP contribution < -0.4 is 5.73 Å². The number of primary amides is 1. The highest BCUT2D eigenvalue weighted by Crippen LogP contribution is 2.25. The Morgan fingerprint density at radius 1 is 1.63 bits per heavy atom. The Labute approximate surface area is 126 Å². The molecule has 1 aromatic rings. The fourth-order valence-electron chi connectivity index (χ4n) is 2.35. The summed E-state index contributed by atoms with van der Waals surface area (Å²) in [7, 11) is 0. The number of halogens is 2. The molecule has 0 saturated carbocycles. The van der Waals surface area contributed by atoms with Crippen LogP contribution in [-0.4, -0.2) is 36.1 Å². The van der Waals surface area contributed by atoms with Crippen LogP contribution in [0.4, 0.5) is 0 Å². The first-order chi connectivity index (χ1) is 8.99. The molecule has 2 rings (SSSR count). The topological polar surface area (TPSA) is 55.6 Å². The summed E-state index contributed by atoms with van der Waals surface area (Å²) in [5, 5.41) is 0.676. The Bertz CT molecular complexity index is 484. The van der Waals surface area contributed by atoms with Crippen molar-refractivity contribution in [3.05, 3.63) is 33.3 Å². The summed E-state index contributed by atoms with van der Waals surface area (Å²) in [5.74, 6) is -0.356. The van der Waals surface area contributed by atoms with E-state index >= 15 is 0 Å². The number of carbonyl (C=O) groups excluding carboxylic acids is 1. The number of morpholine rings is 1. The number of ether oxygens (including phenoxy) is 1. The van der Waals surface area contributed by atoms with Crippen LogP contribution in [0.25, 0.3) is 0 Å². The van der Waals surface area contributed by atoms with Gasteiger partial charge in [-0.1, -0.05) is 27.5 Å². The molecule has 1 aliphatic rings. The van der Waals surface area contributed by atoms with Gasteiger partial charge in [-0.3, -0.25) is 9.69 Å². The maximum absolute atomic E-state index is 11.6. The molecule has 104 valence electrons. The molecule has 1 amide bonds. The molecule has 1 fully saturated rings. The van der Waals surface area contributed by atoms with E-state index in [4.69, 9.17) is 22.1 Å². The van der Waals surface area contributed by atoms with Crippen molar-refractivity contribution >= 4 is 33.4 Å². The smallest absolute Gasteiger partial charge is 0.237 e. The Morgan fingerprint density at radius 3 is 3.05 bits per heavy atom. The van der Waals surface area contributed by atoms with Gasteiger partial charge in [0.2, 0.25) is 5.91 Å². The summed E-state index contributed by atoms with van der Waals surface area (Å²) in [6.45, 7) is 3.76. The molecular formula is C13H16BrClN2O2. The van der Waals surface area contributed by atoms with E-state index in [0.717, 1.165) is 10.0 Å². The van der Waals surface area contributed by atoms with Crippen LogP contribution in [0.2, 0.25) is 5.02 Å². The molecule has 1 aromatic carbocycles. The van der Waals surface area contributed by atoms with E-state index in [9.17, 15) is 4.79 Å². The first-order valence-electron chi connectivity index (χ1n) is 6.08. The van der Waals surface area contributed by atoms with E-state index in [-0.39, 0.29) is 12.0 Å². The molecule has 19 heavy (non-hydrogen) atoms. The minimum atomic E-state index is -0.403. The Morgan fingerprint density at radius 2 is 2.37 bits per heavy atom. The van der Waals surface area contributed by atoms with Gasteiger partial charge in [-0.05, 0) is 30.7 Å². The van der Waals surface area contributed by atoms with Crippen LogP contribution in [0.5, 0.6) is 0 Å². The quantitative estimate of drug-likeness (QED) is 0.912. The molecule has 0 aromatic heterocycles. The van der Waals surface area contributed by atoms with Gasteiger partial charge >= 0.3 is 0 Å². The third-order valence-corrected chi connectivity index (χ3v) is 4.28. The van der Waals surface area contributed by atoms with Crippen molar-refractivity contribution in [1.29, 1.82) is 0 Å². The lowest BCUT2D eigenvalue weighted by molar-refractivity contribution is -0.136. The first-order valence-corrected chi connectivity index (χ1v) is 7.25. The van der Waals surface area contributed by atoms with Gasteiger partial charge in [0.25, 0.3) is 0 Å². The van der Waals surface area contributed by atoms with E-state index < -0.39 is 6.04 Å². The lowest BCUT2D eigenvalue weighted by atomic mass is 10.1. The van der Waals surface area contributed by atoms with E-state index in [1.807, 2.05) is 30.0 Å². The monoisotopic (exact) mass is 346 g/mol. The van der Waals surface area contributed by atoms with Gasteiger partial charge in [-0.25, -0.2) is 0 Å². The molecule has 0 spiro atoms. The average molecular weight is 348 g/mol. The SMILES string of the molecule is C[C@H]1OCCN(Cc2cc(Cl)ccc2Br)[C@@H]1C(N)=O. The second-order valence-corrected chi connectivity index (χ2v) is 5.92.